The van der Waals surface area contributed by atoms with Crippen LogP contribution in [0.2, 0.25) is 5.02 Å². The van der Waals surface area contributed by atoms with E-state index in [-0.39, 0.29) is 11.9 Å². The first-order valence-electron chi connectivity index (χ1n) is 6.58. The molecule has 0 saturated heterocycles. The average molecular weight is 389 g/mol. The molecule has 0 bridgehead atoms. The second-order valence-electron chi connectivity index (χ2n) is 4.69. The highest BCUT2D eigenvalue weighted by Crippen LogP contribution is 2.25. The molecule has 1 N–H and O–H groups in total. The van der Waals surface area contributed by atoms with Crippen LogP contribution in [-0.4, -0.2) is 18.8 Å². The summed E-state index contributed by atoms with van der Waals surface area (Å²) in [4.78, 5) is 0.942. The third-order valence-corrected chi connectivity index (χ3v) is 5.14. The molecule has 21 heavy (non-hydrogen) atoms. The summed E-state index contributed by atoms with van der Waals surface area (Å²) in [5.74, 6) is 0.656. The number of benzene rings is 2. The van der Waals surface area contributed by atoms with Gasteiger partial charge in [0.15, 0.2) is 0 Å². The van der Waals surface area contributed by atoms with Gasteiger partial charge in [0, 0.05) is 26.2 Å². The Bertz CT molecular complexity index is 609. The summed E-state index contributed by atoms with van der Waals surface area (Å²) in [6.45, 7) is 0. The summed E-state index contributed by atoms with van der Waals surface area (Å²) in [6, 6.07) is 12.9. The van der Waals surface area contributed by atoms with E-state index < -0.39 is 0 Å². The van der Waals surface area contributed by atoms with Gasteiger partial charge in [-0.2, -0.15) is 0 Å². The fourth-order valence-electron chi connectivity index (χ4n) is 1.95. The Morgan fingerprint density at radius 2 is 2.10 bits per heavy atom. The van der Waals surface area contributed by atoms with Gasteiger partial charge in [-0.05, 0) is 49.4 Å². The molecule has 112 valence electrons. The van der Waals surface area contributed by atoms with Crippen LogP contribution in [0, 0.1) is 5.82 Å². The zero-order valence-electron chi connectivity index (χ0n) is 11.6. The van der Waals surface area contributed by atoms with Gasteiger partial charge < -0.3 is 5.32 Å². The summed E-state index contributed by atoms with van der Waals surface area (Å²) in [5, 5.41) is 4.06. The van der Waals surface area contributed by atoms with Gasteiger partial charge in [-0.3, -0.25) is 0 Å². The van der Waals surface area contributed by atoms with Gasteiger partial charge in [-0.25, -0.2) is 4.39 Å². The summed E-state index contributed by atoms with van der Waals surface area (Å²) < 4.78 is 14.1. The molecule has 0 amide bonds. The van der Waals surface area contributed by atoms with Crippen molar-refractivity contribution in [3.63, 3.8) is 0 Å². The van der Waals surface area contributed by atoms with Gasteiger partial charge in [0.05, 0.1) is 0 Å². The van der Waals surface area contributed by atoms with E-state index in [4.69, 9.17) is 11.6 Å². The predicted molar refractivity (Wildman–Crippen MR) is 92.8 cm³/mol. The van der Waals surface area contributed by atoms with Gasteiger partial charge in [-0.1, -0.05) is 39.7 Å². The Morgan fingerprint density at radius 3 is 2.76 bits per heavy atom. The smallest absolute Gasteiger partial charge is 0.124 e. The first-order valence-corrected chi connectivity index (χ1v) is 8.73. The van der Waals surface area contributed by atoms with Crippen molar-refractivity contribution in [3.8, 4) is 0 Å². The molecule has 1 unspecified atom stereocenters. The average Bonchev–Trinajstić information content (AvgIpc) is 2.45. The standard InChI is InChI=1S/C16H16BrClFNS/c1-20-14(7-11-5-6-12(17)8-16(11)18)10-21-15-4-2-3-13(19)9-15/h2-6,8-9,14,20H,7,10H2,1H3. The lowest BCUT2D eigenvalue weighted by Crippen LogP contribution is -2.30. The molecule has 0 aromatic heterocycles. The van der Waals surface area contributed by atoms with Gasteiger partial charge in [-0.15, -0.1) is 11.8 Å². The molecule has 5 heteroatoms. The van der Waals surface area contributed by atoms with Crippen LogP contribution in [0.4, 0.5) is 4.39 Å². The molecule has 2 aromatic carbocycles. The normalized spacial score (nSPS) is 12.4. The number of hydrogen-bond donors (Lipinski definition) is 1. The van der Waals surface area contributed by atoms with Gasteiger partial charge in [0.2, 0.25) is 0 Å². The maximum Gasteiger partial charge on any atom is 0.124 e. The quantitative estimate of drug-likeness (QED) is 0.686. The minimum atomic E-state index is -0.197. The van der Waals surface area contributed by atoms with Gasteiger partial charge >= 0.3 is 0 Å². The highest BCUT2D eigenvalue weighted by atomic mass is 79.9. The maximum atomic E-state index is 13.2. The van der Waals surface area contributed by atoms with Crippen molar-refractivity contribution in [1.29, 1.82) is 0 Å². The number of hydrogen-bond acceptors (Lipinski definition) is 2. The van der Waals surface area contributed by atoms with Crippen molar-refractivity contribution in [2.75, 3.05) is 12.8 Å². The van der Waals surface area contributed by atoms with Crippen molar-refractivity contribution in [2.45, 2.75) is 17.4 Å². The zero-order chi connectivity index (χ0) is 15.2. The Morgan fingerprint density at radius 1 is 1.29 bits per heavy atom. The lowest BCUT2D eigenvalue weighted by molar-refractivity contribution is 0.615. The molecule has 0 aliphatic rings. The van der Waals surface area contributed by atoms with Gasteiger partial charge in [0.1, 0.15) is 5.82 Å². The van der Waals surface area contributed by atoms with Crippen molar-refractivity contribution in [3.05, 3.63) is 63.3 Å². The molecule has 0 aliphatic heterocycles. The van der Waals surface area contributed by atoms with Crippen LogP contribution in [0.5, 0.6) is 0 Å². The van der Waals surface area contributed by atoms with Crippen molar-refractivity contribution >= 4 is 39.3 Å². The summed E-state index contributed by atoms with van der Waals surface area (Å²) in [6.07, 6.45) is 0.838. The minimum Gasteiger partial charge on any atom is -0.316 e. The Hall–Kier alpha value is -0.550. The topological polar surface area (TPSA) is 12.0 Å². The number of nitrogens with one attached hydrogen (secondary N) is 1. The number of thioether (sulfide) groups is 1. The number of halogens is 3. The molecule has 2 rings (SSSR count). The van der Waals surface area contributed by atoms with Crippen molar-refractivity contribution in [2.24, 2.45) is 0 Å². The number of rotatable bonds is 6. The molecule has 0 saturated carbocycles. The molecule has 1 atom stereocenters. The van der Waals surface area contributed by atoms with Crippen LogP contribution >= 0.6 is 39.3 Å². The highest BCUT2D eigenvalue weighted by Gasteiger charge is 2.11. The van der Waals surface area contributed by atoms with Crippen LogP contribution < -0.4 is 5.32 Å². The maximum absolute atomic E-state index is 13.2. The molecule has 1 nitrogen and oxygen atoms in total. The van der Waals surface area contributed by atoms with Crippen molar-refractivity contribution in [1.82, 2.24) is 5.32 Å². The van der Waals surface area contributed by atoms with E-state index in [9.17, 15) is 4.39 Å². The van der Waals surface area contributed by atoms with Crippen LogP contribution in [0.25, 0.3) is 0 Å². The monoisotopic (exact) mass is 387 g/mol. The van der Waals surface area contributed by atoms with E-state index in [1.54, 1.807) is 23.9 Å². The third-order valence-electron chi connectivity index (χ3n) is 3.14. The predicted octanol–water partition coefficient (Wildman–Crippen LogP) is 5.16. The lowest BCUT2D eigenvalue weighted by Gasteiger charge is -2.17. The van der Waals surface area contributed by atoms with E-state index in [1.807, 2.05) is 31.3 Å². The second kappa shape index (κ2) is 8.18. The fourth-order valence-corrected chi connectivity index (χ4v) is 3.75. The Kier molecular flexibility index (Phi) is 6.55. The Balaban J connectivity index is 1.97. The fraction of sp³-hybridized carbons (Fsp3) is 0.250. The molecule has 0 aliphatic carbocycles. The van der Waals surface area contributed by atoms with E-state index in [1.165, 1.54) is 6.07 Å². The van der Waals surface area contributed by atoms with E-state index in [0.29, 0.717) is 0 Å². The molecular weight excluding hydrogens is 373 g/mol. The molecule has 0 spiro atoms. The molecule has 2 aromatic rings. The van der Waals surface area contributed by atoms with Crippen LogP contribution in [0.1, 0.15) is 5.56 Å². The molecular formula is C16H16BrClFNS. The molecule has 0 fully saturated rings. The SMILES string of the molecule is CNC(CSc1cccc(F)c1)Cc1ccc(Br)cc1Cl. The Labute approximate surface area is 142 Å². The van der Waals surface area contributed by atoms with Crippen LogP contribution in [-0.2, 0) is 6.42 Å². The molecule has 0 radical (unpaired) electrons. The second-order valence-corrected chi connectivity index (χ2v) is 7.11. The largest absolute Gasteiger partial charge is 0.316 e. The summed E-state index contributed by atoms with van der Waals surface area (Å²) in [7, 11) is 1.93. The molecule has 0 heterocycles. The lowest BCUT2D eigenvalue weighted by atomic mass is 10.1. The minimum absolute atomic E-state index is 0.197. The zero-order valence-corrected chi connectivity index (χ0v) is 14.7. The third kappa shape index (κ3) is 5.29. The number of likely N-dealkylation sites (N-methyl/N-ethyl adjacent to an activating group) is 1. The van der Waals surface area contributed by atoms with E-state index in [2.05, 4.69) is 21.2 Å². The van der Waals surface area contributed by atoms with Crippen LogP contribution in [0.3, 0.4) is 0 Å². The summed E-state index contributed by atoms with van der Waals surface area (Å²) >= 11 is 11.3. The van der Waals surface area contributed by atoms with Crippen LogP contribution in [0.15, 0.2) is 51.8 Å². The van der Waals surface area contributed by atoms with Gasteiger partial charge in [0.25, 0.3) is 0 Å². The summed E-state index contributed by atoms with van der Waals surface area (Å²) in [5.41, 5.74) is 1.11. The van der Waals surface area contributed by atoms with E-state index >= 15 is 0 Å². The van der Waals surface area contributed by atoms with E-state index in [0.717, 1.165) is 32.1 Å². The first-order chi connectivity index (χ1) is 10.1. The highest BCUT2D eigenvalue weighted by molar-refractivity contribution is 9.10. The van der Waals surface area contributed by atoms with Crippen molar-refractivity contribution < 1.29 is 4.39 Å². The first kappa shape index (κ1) is 16.8.